The first kappa shape index (κ1) is 7.78. The number of rotatable bonds is 1. The second-order valence-corrected chi connectivity index (χ2v) is 2.47. The van der Waals surface area contributed by atoms with Crippen LogP contribution in [0.2, 0.25) is 0 Å². The monoisotopic (exact) mass is 154 g/mol. The third-order valence-corrected chi connectivity index (χ3v) is 1.47. The molecule has 60 valence electrons. The number of nitrogens with one attached hydrogen (secondary N) is 1. The van der Waals surface area contributed by atoms with Gasteiger partial charge in [0.15, 0.2) is 0 Å². The van der Waals surface area contributed by atoms with Gasteiger partial charge in [0.05, 0.1) is 0 Å². The van der Waals surface area contributed by atoms with Gasteiger partial charge < -0.3 is 5.32 Å². The molecule has 1 heterocycles. The van der Waals surface area contributed by atoms with E-state index >= 15 is 0 Å². The Labute approximate surface area is 64.9 Å². The molecule has 0 saturated carbocycles. The van der Waals surface area contributed by atoms with E-state index in [0.29, 0.717) is 18.7 Å². The molecule has 0 radical (unpaired) electrons. The summed E-state index contributed by atoms with van der Waals surface area (Å²) >= 11 is 0. The van der Waals surface area contributed by atoms with E-state index in [1.807, 2.05) is 0 Å². The number of carbonyl (C=O) groups is 2. The summed E-state index contributed by atoms with van der Waals surface area (Å²) in [4.78, 5) is 23.1. The van der Waals surface area contributed by atoms with Crippen LogP contribution in [-0.2, 0) is 4.79 Å². The molecular formula is C7H10N2O2. The number of carbonyl (C=O) groups excluding carboxylic acids is 2. The van der Waals surface area contributed by atoms with Crippen molar-refractivity contribution in [2.75, 3.05) is 13.1 Å². The second-order valence-electron chi connectivity index (χ2n) is 2.47. The van der Waals surface area contributed by atoms with Gasteiger partial charge in [0.1, 0.15) is 0 Å². The number of amides is 3. The molecule has 1 rings (SSSR count). The van der Waals surface area contributed by atoms with E-state index in [1.165, 1.54) is 0 Å². The average Bonchev–Trinajstić information content (AvgIpc) is 2.33. The van der Waals surface area contributed by atoms with Crippen LogP contribution in [0.25, 0.3) is 0 Å². The van der Waals surface area contributed by atoms with Crippen LogP contribution in [0.1, 0.15) is 6.92 Å². The molecule has 1 N–H and O–H groups in total. The summed E-state index contributed by atoms with van der Waals surface area (Å²) in [6.07, 6.45) is 0. The molecule has 11 heavy (non-hydrogen) atoms. The Morgan fingerprint density at radius 3 is 2.73 bits per heavy atom. The first-order valence-electron chi connectivity index (χ1n) is 3.38. The molecule has 1 fully saturated rings. The van der Waals surface area contributed by atoms with Gasteiger partial charge in [-0.15, -0.1) is 0 Å². The summed E-state index contributed by atoms with van der Waals surface area (Å²) in [7, 11) is 0. The Morgan fingerprint density at radius 2 is 2.36 bits per heavy atom. The number of imide groups is 1. The lowest BCUT2D eigenvalue weighted by atomic mass is 10.3. The normalized spacial score (nSPS) is 16.5. The van der Waals surface area contributed by atoms with Crippen LogP contribution in [0.3, 0.4) is 0 Å². The lowest BCUT2D eigenvalue weighted by molar-refractivity contribution is -0.123. The number of nitrogens with zero attached hydrogens (tertiary/aromatic N) is 1. The van der Waals surface area contributed by atoms with E-state index in [-0.39, 0.29) is 11.9 Å². The highest BCUT2D eigenvalue weighted by molar-refractivity contribution is 6.03. The number of hydrogen-bond acceptors (Lipinski definition) is 2. The maximum absolute atomic E-state index is 11.1. The minimum atomic E-state index is -0.321. The van der Waals surface area contributed by atoms with E-state index < -0.39 is 0 Å². The minimum Gasteiger partial charge on any atom is -0.336 e. The Hall–Kier alpha value is -1.32. The van der Waals surface area contributed by atoms with Crippen molar-refractivity contribution in [3.8, 4) is 0 Å². The van der Waals surface area contributed by atoms with Crippen LogP contribution in [-0.4, -0.2) is 29.9 Å². The Balaban J connectivity index is 2.67. The van der Waals surface area contributed by atoms with E-state index in [9.17, 15) is 9.59 Å². The fraction of sp³-hybridized carbons (Fsp3) is 0.429. The highest BCUT2D eigenvalue weighted by atomic mass is 16.2. The van der Waals surface area contributed by atoms with Crippen molar-refractivity contribution in [1.82, 2.24) is 10.2 Å². The Morgan fingerprint density at radius 1 is 1.73 bits per heavy atom. The zero-order chi connectivity index (χ0) is 8.43. The van der Waals surface area contributed by atoms with Gasteiger partial charge in [-0.05, 0) is 6.92 Å². The van der Waals surface area contributed by atoms with Crippen molar-refractivity contribution in [3.05, 3.63) is 12.2 Å². The largest absolute Gasteiger partial charge is 0.336 e. The third kappa shape index (κ3) is 1.39. The van der Waals surface area contributed by atoms with Crippen molar-refractivity contribution in [1.29, 1.82) is 0 Å². The average molecular weight is 154 g/mol. The molecule has 0 spiro atoms. The predicted octanol–water partition coefficient (Wildman–Crippen LogP) is 0.114. The van der Waals surface area contributed by atoms with Crippen LogP contribution in [0.15, 0.2) is 12.2 Å². The van der Waals surface area contributed by atoms with Gasteiger partial charge in [-0.25, -0.2) is 4.79 Å². The molecule has 4 heteroatoms. The molecule has 1 saturated heterocycles. The number of urea groups is 1. The predicted molar refractivity (Wildman–Crippen MR) is 39.9 cm³/mol. The van der Waals surface area contributed by atoms with Crippen LogP contribution < -0.4 is 5.32 Å². The zero-order valence-corrected chi connectivity index (χ0v) is 6.39. The molecule has 1 aliphatic rings. The molecule has 0 atom stereocenters. The summed E-state index contributed by atoms with van der Waals surface area (Å²) < 4.78 is 0. The summed E-state index contributed by atoms with van der Waals surface area (Å²) in [6, 6.07) is -0.321. The molecule has 0 bridgehead atoms. The molecule has 1 aliphatic heterocycles. The van der Waals surface area contributed by atoms with Gasteiger partial charge in [0, 0.05) is 18.7 Å². The van der Waals surface area contributed by atoms with Gasteiger partial charge in [-0.1, -0.05) is 6.58 Å². The van der Waals surface area contributed by atoms with Crippen molar-refractivity contribution < 1.29 is 9.59 Å². The van der Waals surface area contributed by atoms with Gasteiger partial charge in [-0.3, -0.25) is 9.69 Å². The maximum Gasteiger partial charge on any atom is 0.324 e. The van der Waals surface area contributed by atoms with Crippen molar-refractivity contribution >= 4 is 11.9 Å². The third-order valence-electron chi connectivity index (χ3n) is 1.47. The van der Waals surface area contributed by atoms with Crippen molar-refractivity contribution in [3.63, 3.8) is 0 Å². The highest BCUT2D eigenvalue weighted by Gasteiger charge is 2.25. The van der Waals surface area contributed by atoms with Crippen LogP contribution in [0.5, 0.6) is 0 Å². The number of hydrogen-bond donors (Lipinski definition) is 1. The van der Waals surface area contributed by atoms with Crippen LogP contribution in [0.4, 0.5) is 4.79 Å². The molecule has 3 amide bonds. The van der Waals surface area contributed by atoms with Gasteiger partial charge in [0.2, 0.25) is 0 Å². The van der Waals surface area contributed by atoms with Crippen molar-refractivity contribution in [2.45, 2.75) is 6.92 Å². The standard InChI is InChI=1S/C7H10N2O2/c1-5(2)6(10)9-4-3-8-7(9)11/h1,3-4H2,2H3,(H,8,11). The summed E-state index contributed by atoms with van der Waals surface area (Å²) in [5.41, 5.74) is 0.391. The smallest absolute Gasteiger partial charge is 0.324 e. The summed E-state index contributed by atoms with van der Waals surface area (Å²) in [6.45, 7) is 6.04. The van der Waals surface area contributed by atoms with E-state index in [0.717, 1.165) is 4.90 Å². The first-order chi connectivity index (χ1) is 5.13. The van der Waals surface area contributed by atoms with Crippen LogP contribution in [0, 0.1) is 0 Å². The second kappa shape index (κ2) is 2.74. The molecule has 0 unspecified atom stereocenters. The van der Waals surface area contributed by atoms with E-state index in [2.05, 4.69) is 11.9 Å². The minimum absolute atomic E-state index is 0.292. The van der Waals surface area contributed by atoms with E-state index in [1.54, 1.807) is 6.92 Å². The molecule has 0 aromatic heterocycles. The van der Waals surface area contributed by atoms with Gasteiger partial charge >= 0.3 is 6.03 Å². The maximum atomic E-state index is 11.1. The van der Waals surface area contributed by atoms with Crippen LogP contribution >= 0.6 is 0 Å². The SMILES string of the molecule is C=C(C)C(=O)N1CCNC1=O. The van der Waals surface area contributed by atoms with Crippen molar-refractivity contribution in [2.24, 2.45) is 0 Å². The molecule has 4 nitrogen and oxygen atoms in total. The summed E-state index contributed by atoms with van der Waals surface area (Å²) in [5.74, 6) is -0.292. The molecular weight excluding hydrogens is 144 g/mol. The quantitative estimate of drug-likeness (QED) is 0.545. The summed E-state index contributed by atoms with van der Waals surface area (Å²) in [5, 5.41) is 2.53. The first-order valence-corrected chi connectivity index (χ1v) is 3.38. The molecule has 0 aromatic carbocycles. The highest BCUT2D eigenvalue weighted by Crippen LogP contribution is 2.02. The lowest BCUT2D eigenvalue weighted by Gasteiger charge is -2.10. The molecule has 0 aliphatic carbocycles. The fourth-order valence-electron chi connectivity index (χ4n) is 0.896. The fourth-order valence-corrected chi connectivity index (χ4v) is 0.896. The lowest BCUT2D eigenvalue weighted by Crippen LogP contribution is -2.34. The van der Waals surface area contributed by atoms with Gasteiger partial charge in [-0.2, -0.15) is 0 Å². The topological polar surface area (TPSA) is 49.4 Å². The van der Waals surface area contributed by atoms with Gasteiger partial charge in [0.25, 0.3) is 5.91 Å². The Kier molecular flexibility index (Phi) is 1.94. The Bertz CT molecular complexity index is 222. The molecule has 0 aromatic rings. The van der Waals surface area contributed by atoms with E-state index in [4.69, 9.17) is 0 Å². The zero-order valence-electron chi connectivity index (χ0n) is 6.39.